The first kappa shape index (κ1) is 18.3. The molecule has 0 fully saturated rings. The number of benzene rings is 2. The van der Waals surface area contributed by atoms with Gasteiger partial charge in [-0.05, 0) is 36.2 Å². The third-order valence-electron chi connectivity index (χ3n) is 3.82. The van der Waals surface area contributed by atoms with Crippen LogP contribution >= 0.6 is 0 Å². The van der Waals surface area contributed by atoms with E-state index in [9.17, 15) is 14.8 Å². The summed E-state index contributed by atoms with van der Waals surface area (Å²) in [6.07, 6.45) is 0. The summed E-state index contributed by atoms with van der Waals surface area (Å²) in [5.41, 5.74) is 3.42. The summed E-state index contributed by atoms with van der Waals surface area (Å²) in [5.74, 6) is -0.432. The number of esters is 1. The number of nitrogens with one attached hydrogen (secondary N) is 2. The fourth-order valence-electron chi connectivity index (χ4n) is 2.38. The lowest BCUT2D eigenvalue weighted by atomic mass is 10.1. The monoisotopic (exact) mass is 343 g/mol. The van der Waals surface area contributed by atoms with Crippen LogP contribution in [0.5, 0.6) is 0 Å². The van der Waals surface area contributed by atoms with Crippen LogP contribution in [0, 0.1) is 6.92 Å². The van der Waals surface area contributed by atoms with Crippen molar-refractivity contribution in [2.24, 2.45) is 0 Å². The molecule has 7 nitrogen and oxygen atoms in total. The van der Waals surface area contributed by atoms with Gasteiger partial charge in [0.15, 0.2) is 0 Å². The Kier molecular flexibility index (Phi) is 5.97. The van der Waals surface area contributed by atoms with Crippen LogP contribution in [0.2, 0.25) is 0 Å². The Labute approximate surface area is 146 Å². The number of rotatable bonds is 5. The molecule has 0 spiro atoms. The molecule has 2 aromatic carbocycles. The molecule has 0 unspecified atom stereocenters. The van der Waals surface area contributed by atoms with E-state index in [1.807, 2.05) is 31.2 Å². The molecular weight excluding hydrogens is 322 g/mol. The maximum Gasteiger partial charge on any atom is 0.341 e. The van der Waals surface area contributed by atoms with Crippen molar-refractivity contribution in [1.29, 1.82) is 0 Å². The molecule has 0 radical (unpaired) electrons. The number of methoxy groups -OCH3 is 1. The van der Waals surface area contributed by atoms with E-state index in [0.29, 0.717) is 16.3 Å². The average molecular weight is 343 g/mol. The van der Waals surface area contributed by atoms with E-state index in [1.54, 1.807) is 18.2 Å². The largest absolute Gasteiger partial charge is 0.465 e. The summed E-state index contributed by atoms with van der Waals surface area (Å²) >= 11 is 0. The molecule has 0 aliphatic heterocycles. The highest BCUT2D eigenvalue weighted by Crippen LogP contribution is 2.26. The first-order chi connectivity index (χ1) is 12.0. The van der Waals surface area contributed by atoms with Gasteiger partial charge >= 0.3 is 12.0 Å². The number of hydrogen-bond acceptors (Lipinski definition) is 5. The molecule has 0 atom stereocenters. The summed E-state index contributed by atoms with van der Waals surface area (Å²) in [6.45, 7) is 1.91. The Morgan fingerprint density at radius 2 is 1.80 bits per heavy atom. The summed E-state index contributed by atoms with van der Waals surface area (Å²) in [7, 11) is 2.78. The zero-order valence-corrected chi connectivity index (χ0v) is 14.4. The van der Waals surface area contributed by atoms with E-state index in [0.717, 1.165) is 16.8 Å². The van der Waals surface area contributed by atoms with Gasteiger partial charge in [-0.2, -0.15) is 0 Å². The lowest BCUT2D eigenvalue weighted by Crippen LogP contribution is -2.35. The van der Waals surface area contributed by atoms with Gasteiger partial charge in [0.2, 0.25) is 0 Å². The van der Waals surface area contributed by atoms with Crippen LogP contribution in [0.1, 0.15) is 21.5 Å². The normalized spacial score (nSPS) is 10.1. The molecule has 0 saturated heterocycles. The molecule has 0 bridgehead atoms. The molecule has 0 saturated carbocycles. The zero-order chi connectivity index (χ0) is 18.4. The van der Waals surface area contributed by atoms with Gasteiger partial charge in [0.1, 0.15) is 0 Å². The van der Waals surface area contributed by atoms with E-state index < -0.39 is 12.0 Å². The van der Waals surface area contributed by atoms with Gasteiger partial charge in [-0.1, -0.05) is 24.3 Å². The van der Waals surface area contributed by atoms with Crippen LogP contribution in [0.3, 0.4) is 0 Å². The number of amides is 2. The van der Waals surface area contributed by atoms with E-state index in [-0.39, 0.29) is 6.54 Å². The molecule has 2 amide bonds. The third kappa shape index (κ3) is 4.27. The third-order valence-corrected chi connectivity index (χ3v) is 3.82. The molecule has 3 N–H and O–H groups in total. The van der Waals surface area contributed by atoms with Crippen molar-refractivity contribution in [1.82, 2.24) is 10.4 Å². The fourth-order valence-corrected chi connectivity index (χ4v) is 2.38. The van der Waals surface area contributed by atoms with Crippen LogP contribution in [0.4, 0.5) is 16.2 Å². The highest BCUT2D eigenvalue weighted by molar-refractivity contribution is 5.96. The molecular formula is C18H21N3O4. The van der Waals surface area contributed by atoms with Crippen molar-refractivity contribution in [2.75, 3.05) is 19.5 Å². The highest BCUT2D eigenvalue weighted by atomic mass is 16.5. The first-order valence-electron chi connectivity index (χ1n) is 7.69. The first-order valence-corrected chi connectivity index (χ1v) is 7.69. The second-order valence-electron chi connectivity index (χ2n) is 5.36. The van der Waals surface area contributed by atoms with Crippen LogP contribution in [-0.4, -0.2) is 36.4 Å². The van der Waals surface area contributed by atoms with Crippen molar-refractivity contribution in [3.63, 3.8) is 0 Å². The van der Waals surface area contributed by atoms with E-state index >= 15 is 0 Å². The quantitative estimate of drug-likeness (QED) is 0.441. The molecule has 25 heavy (non-hydrogen) atoms. The number of anilines is 2. The van der Waals surface area contributed by atoms with Gasteiger partial charge in [-0.3, -0.25) is 5.21 Å². The fraction of sp³-hybridized carbons (Fsp3) is 0.222. The molecule has 0 heterocycles. The van der Waals surface area contributed by atoms with Crippen molar-refractivity contribution in [3.05, 3.63) is 59.2 Å². The smallest absolute Gasteiger partial charge is 0.341 e. The Morgan fingerprint density at radius 1 is 1.12 bits per heavy atom. The maximum absolute atomic E-state index is 11.9. The maximum atomic E-state index is 11.9. The van der Waals surface area contributed by atoms with Gasteiger partial charge in [-0.15, -0.1) is 0 Å². The molecule has 7 heteroatoms. The van der Waals surface area contributed by atoms with Crippen molar-refractivity contribution in [3.8, 4) is 0 Å². The number of ether oxygens (including phenoxy) is 1. The highest BCUT2D eigenvalue weighted by Gasteiger charge is 2.14. The van der Waals surface area contributed by atoms with E-state index in [1.165, 1.54) is 14.2 Å². The number of nitrogens with zero attached hydrogens (tertiary/aromatic N) is 1. The Bertz CT molecular complexity index is 777. The number of carbonyl (C=O) groups excluding carboxylic acids is 2. The number of para-hydroxylation sites is 1. The molecule has 0 aliphatic carbocycles. The number of hydrogen-bond donors (Lipinski definition) is 3. The lowest BCUT2D eigenvalue weighted by Gasteiger charge is -2.18. The summed E-state index contributed by atoms with van der Waals surface area (Å²) in [5, 5.41) is 15.9. The molecule has 132 valence electrons. The van der Waals surface area contributed by atoms with Crippen LogP contribution in [-0.2, 0) is 11.3 Å². The zero-order valence-electron chi connectivity index (χ0n) is 14.4. The Balaban J connectivity index is 2.29. The van der Waals surface area contributed by atoms with Crippen LogP contribution < -0.4 is 10.6 Å². The standard InChI is InChI=1S/C18H21N3O4/c1-12-13(11-21(24)18(23)19-2)7-6-10-15(12)20-16-9-5-4-8-14(16)17(22)25-3/h4-10,20,24H,11H2,1-3H3,(H,19,23). The minimum Gasteiger partial charge on any atom is -0.465 e. The second kappa shape index (κ2) is 8.16. The number of urea groups is 1. The van der Waals surface area contributed by atoms with Gasteiger partial charge in [0.05, 0.1) is 24.9 Å². The minimum atomic E-state index is -0.589. The van der Waals surface area contributed by atoms with Gasteiger partial charge in [-0.25, -0.2) is 14.7 Å². The van der Waals surface area contributed by atoms with Crippen molar-refractivity contribution < 1.29 is 19.5 Å². The Morgan fingerprint density at radius 3 is 2.48 bits per heavy atom. The van der Waals surface area contributed by atoms with Gasteiger partial charge < -0.3 is 15.4 Å². The van der Waals surface area contributed by atoms with E-state index in [4.69, 9.17) is 4.74 Å². The summed E-state index contributed by atoms with van der Waals surface area (Å²) in [6, 6.07) is 11.9. The second-order valence-corrected chi connectivity index (χ2v) is 5.36. The molecule has 0 aliphatic rings. The summed E-state index contributed by atoms with van der Waals surface area (Å²) in [4.78, 5) is 23.3. The average Bonchev–Trinajstić information content (AvgIpc) is 2.64. The topological polar surface area (TPSA) is 90.9 Å². The van der Waals surface area contributed by atoms with Crippen LogP contribution in [0.15, 0.2) is 42.5 Å². The molecule has 2 rings (SSSR count). The SMILES string of the molecule is CNC(=O)N(O)Cc1cccc(Nc2ccccc2C(=O)OC)c1C. The number of carbonyl (C=O) groups is 2. The van der Waals surface area contributed by atoms with Gasteiger partial charge in [0.25, 0.3) is 0 Å². The van der Waals surface area contributed by atoms with Crippen molar-refractivity contribution >= 4 is 23.4 Å². The minimum absolute atomic E-state index is 0.0413. The predicted octanol–water partition coefficient (Wildman–Crippen LogP) is 3.06. The van der Waals surface area contributed by atoms with Gasteiger partial charge in [0, 0.05) is 12.7 Å². The number of hydroxylamine groups is 2. The lowest BCUT2D eigenvalue weighted by molar-refractivity contribution is -0.0502. The predicted molar refractivity (Wildman–Crippen MR) is 94.0 cm³/mol. The van der Waals surface area contributed by atoms with Crippen molar-refractivity contribution in [2.45, 2.75) is 13.5 Å². The summed E-state index contributed by atoms with van der Waals surface area (Å²) < 4.78 is 4.80. The molecule has 2 aromatic rings. The van der Waals surface area contributed by atoms with E-state index in [2.05, 4.69) is 10.6 Å². The van der Waals surface area contributed by atoms with Crippen LogP contribution in [0.25, 0.3) is 0 Å². The molecule has 0 aromatic heterocycles. The Hall–Kier alpha value is -3.06.